The first-order valence-electron chi connectivity index (χ1n) is 3.39. The quantitative estimate of drug-likeness (QED) is 0.444. The zero-order valence-corrected chi connectivity index (χ0v) is 6.27. The van der Waals surface area contributed by atoms with Crippen molar-refractivity contribution in [1.82, 2.24) is 0 Å². The Hall–Kier alpha value is 1.22. The van der Waals surface area contributed by atoms with E-state index in [4.69, 9.17) is 0 Å². The molecule has 0 aliphatic carbocycles. The third-order valence-corrected chi connectivity index (χ3v) is 4.68. The van der Waals surface area contributed by atoms with Gasteiger partial charge < -0.3 is 0 Å². The number of rotatable bonds is 0. The second kappa shape index (κ2) is 5.04. The Balaban J connectivity index is 0.000000490. The molecule has 44 valence electrons. The van der Waals surface area contributed by atoms with E-state index in [2.05, 4.69) is 6.55 Å². The zero-order valence-electron chi connectivity index (χ0n) is 5.11. The Labute approximate surface area is 75.9 Å². The van der Waals surface area contributed by atoms with E-state index in [9.17, 15) is 0 Å². The Morgan fingerprint density at radius 2 is 1.50 bits per heavy atom. The second-order valence-corrected chi connectivity index (χ2v) is 6.11. The Morgan fingerprint density at radius 3 is 1.75 bits per heavy atom. The van der Waals surface area contributed by atoms with Gasteiger partial charge >= 0.3 is 29.6 Å². The van der Waals surface area contributed by atoms with Crippen molar-refractivity contribution < 1.29 is 0 Å². The fraction of sp³-hybridized carbons (Fsp3) is 1.00. The van der Waals surface area contributed by atoms with Gasteiger partial charge in [-0.15, -0.1) is 0 Å². The predicted molar refractivity (Wildman–Crippen MR) is 43.6 cm³/mol. The van der Waals surface area contributed by atoms with Crippen LogP contribution in [0.15, 0.2) is 0 Å². The molecule has 1 rings (SSSR count). The normalized spacial score (nSPS) is 22.1. The van der Waals surface area contributed by atoms with Gasteiger partial charge in [0.2, 0.25) is 0 Å². The van der Waals surface area contributed by atoms with Crippen LogP contribution < -0.4 is 0 Å². The van der Waals surface area contributed by atoms with Gasteiger partial charge in [-0.3, -0.25) is 0 Å². The molecule has 0 aromatic rings. The summed E-state index contributed by atoms with van der Waals surface area (Å²) in [4.78, 5) is 0. The molecular weight excluding hydrogens is 123 g/mol. The van der Waals surface area contributed by atoms with E-state index in [-0.39, 0.29) is 38.4 Å². The molecule has 0 atom stereocenters. The average Bonchev–Trinajstić information content (AvgIpc) is 1.69. The summed E-state index contributed by atoms with van der Waals surface area (Å²) in [5, 5.41) is 0. The van der Waals surface area contributed by atoms with Gasteiger partial charge in [-0.25, -0.2) is 0 Å². The van der Waals surface area contributed by atoms with Gasteiger partial charge in [0, 0.05) is 8.80 Å². The van der Waals surface area contributed by atoms with Gasteiger partial charge in [0.05, 0.1) is 0 Å². The van der Waals surface area contributed by atoms with Crippen LogP contribution in [0.3, 0.4) is 0 Å². The van der Waals surface area contributed by atoms with Crippen molar-refractivity contribution in [2.24, 2.45) is 0 Å². The van der Waals surface area contributed by atoms with Crippen LogP contribution in [-0.4, -0.2) is 38.4 Å². The summed E-state index contributed by atoms with van der Waals surface area (Å²) in [6.07, 6.45) is 4.62. The monoisotopic (exact) mass is 138 g/mol. The molecule has 1 aliphatic heterocycles. The molecule has 0 saturated carbocycles. The molecule has 2 heteroatoms. The van der Waals surface area contributed by atoms with E-state index in [1.165, 1.54) is 6.42 Å². The standard InChI is InChI=1S/C6H14Si.Na.H/c1-7-5-3-2-4-6-7;;/h7H,2-6H2,1H3;;. The maximum atomic E-state index is 2.50. The molecular formula is C6H15NaSi. The minimum absolute atomic E-state index is 0. The first-order chi connectivity index (χ1) is 3.39. The Bertz CT molecular complexity index is 50.5. The molecule has 0 radical (unpaired) electrons. The molecule has 0 amide bonds. The molecule has 0 aromatic carbocycles. The summed E-state index contributed by atoms with van der Waals surface area (Å²) < 4.78 is 0. The number of hydrogen-bond acceptors (Lipinski definition) is 0. The van der Waals surface area contributed by atoms with Crippen molar-refractivity contribution in [1.29, 1.82) is 0 Å². The van der Waals surface area contributed by atoms with Gasteiger partial charge in [-0.05, 0) is 0 Å². The van der Waals surface area contributed by atoms with Crippen LogP contribution in [0.25, 0.3) is 0 Å². The molecule has 0 unspecified atom stereocenters. The zero-order chi connectivity index (χ0) is 5.11. The number of hydrogen-bond donors (Lipinski definition) is 0. The maximum absolute atomic E-state index is 2.50. The third kappa shape index (κ3) is 3.28. The van der Waals surface area contributed by atoms with Crippen molar-refractivity contribution in [3.05, 3.63) is 0 Å². The van der Waals surface area contributed by atoms with E-state index in [0.717, 1.165) is 0 Å². The van der Waals surface area contributed by atoms with Crippen molar-refractivity contribution in [3.8, 4) is 0 Å². The van der Waals surface area contributed by atoms with Gasteiger partial charge in [0.15, 0.2) is 0 Å². The van der Waals surface area contributed by atoms with Crippen molar-refractivity contribution >= 4 is 38.4 Å². The minimum atomic E-state index is -0.0945. The molecule has 8 heavy (non-hydrogen) atoms. The van der Waals surface area contributed by atoms with Crippen LogP contribution >= 0.6 is 0 Å². The van der Waals surface area contributed by atoms with E-state index < -0.39 is 0 Å². The molecule has 0 spiro atoms. The van der Waals surface area contributed by atoms with E-state index in [0.29, 0.717) is 0 Å². The molecule has 1 fully saturated rings. The van der Waals surface area contributed by atoms with Gasteiger partial charge in [0.1, 0.15) is 0 Å². The van der Waals surface area contributed by atoms with Gasteiger partial charge in [0.25, 0.3) is 0 Å². The van der Waals surface area contributed by atoms with E-state index >= 15 is 0 Å². The molecule has 0 N–H and O–H groups in total. The van der Waals surface area contributed by atoms with Crippen LogP contribution in [0.5, 0.6) is 0 Å². The molecule has 0 nitrogen and oxygen atoms in total. The SMILES string of the molecule is C[SiH]1CCCCC1.[NaH]. The molecule has 1 heterocycles. The van der Waals surface area contributed by atoms with Gasteiger partial charge in [-0.2, -0.15) is 0 Å². The van der Waals surface area contributed by atoms with Crippen LogP contribution in [0.2, 0.25) is 18.6 Å². The topological polar surface area (TPSA) is 0 Å². The van der Waals surface area contributed by atoms with E-state index in [1.54, 1.807) is 24.9 Å². The summed E-state index contributed by atoms with van der Waals surface area (Å²) >= 11 is 0. The summed E-state index contributed by atoms with van der Waals surface area (Å²) in [6.45, 7) is 2.50. The first kappa shape index (κ1) is 9.22. The molecule has 1 saturated heterocycles. The molecule has 0 aromatic heterocycles. The molecule has 0 bridgehead atoms. The van der Waals surface area contributed by atoms with Crippen molar-refractivity contribution in [2.45, 2.75) is 37.9 Å². The fourth-order valence-corrected chi connectivity index (χ4v) is 3.57. The Kier molecular flexibility index (Phi) is 5.80. The molecule has 1 aliphatic rings. The predicted octanol–water partition coefficient (Wildman–Crippen LogP) is 1.38. The Morgan fingerprint density at radius 1 is 1.00 bits per heavy atom. The van der Waals surface area contributed by atoms with Crippen LogP contribution in [-0.2, 0) is 0 Å². The summed E-state index contributed by atoms with van der Waals surface area (Å²) in [5.74, 6) is 0. The second-order valence-electron chi connectivity index (χ2n) is 2.74. The van der Waals surface area contributed by atoms with Crippen LogP contribution in [0, 0.1) is 0 Å². The van der Waals surface area contributed by atoms with Gasteiger partial charge in [-0.1, -0.05) is 37.9 Å². The average molecular weight is 138 g/mol. The summed E-state index contributed by atoms with van der Waals surface area (Å²) in [6, 6.07) is 3.25. The van der Waals surface area contributed by atoms with Crippen molar-refractivity contribution in [3.63, 3.8) is 0 Å². The summed E-state index contributed by atoms with van der Waals surface area (Å²) in [7, 11) is -0.0945. The first-order valence-corrected chi connectivity index (χ1v) is 6.18. The van der Waals surface area contributed by atoms with E-state index in [1.807, 2.05) is 0 Å². The third-order valence-electron chi connectivity index (χ3n) is 1.89. The van der Waals surface area contributed by atoms with Crippen LogP contribution in [0.4, 0.5) is 0 Å². The summed E-state index contributed by atoms with van der Waals surface area (Å²) in [5.41, 5.74) is 0. The van der Waals surface area contributed by atoms with Crippen LogP contribution in [0.1, 0.15) is 19.3 Å². The van der Waals surface area contributed by atoms with Crippen molar-refractivity contribution in [2.75, 3.05) is 0 Å². The fourth-order valence-electron chi connectivity index (χ4n) is 1.31.